The molecule has 0 amide bonds. The Morgan fingerprint density at radius 3 is 2.48 bits per heavy atom. The summed E-state index contributed by atoms with van der Waals surface area (Å²) in [4.78, 5) is 12.5. The maximum Gasteiger partial charge on any atom is 0.290 e. The average molecular weight is 352 g/mol. The Kier molecular flexibility index (Phi) is 4.93. The van der Waals surface area contributed by atoms with Crippen LogP contribution in [0.15, 0.2) is 33.5 Å². The van der Waals surface area contributed by atoms with Crippen LogP contribution in [0.3, 0.4) is 0 Å². The molecule has 0 spiro atoms. The first-order valence-electron chi connectivity index (χ1n) is 7.29. The van der Waals surface area contributed by atoms with Crippen molar-refractivity contribution in [2.75, 3.05) is 5.73 Å². The van der Waals surface area contributed by atoms with Gasteiger partial charge in [-0.2, -0.15) is 0 Å². The molecule has 1 heterocycles. The van der Waals surface area contributed by atoms with Crippen LogP contribution in [-0.2, 0) is 13.1 Å². The second kappa shape index (κ2) is 6.52. The molecule has 0 saturated carbocycles. The molecule has 0 radical (unpaired) electrons. The Labute approximate surface area is 133 Å². The smallest absolute Gasteiger partial charge is 0.290 e. The predicted molar refractivity (Wildman–Crippen MR) is 90.7 cm³/mol. The topological polar surface area (TPSA) is 52.9 Å². The van der Waals surface area contributed by atoms with Crippen LogP contribution in [0.25, 0.3) is 0 Å². The average Bonchev–Trinajstić information content (AvgIpc) is 2.66. The van der Waals surface area contributed by atoms with Crippen molar-refractivity contribution in [2.24, 2.45) is 0 Å². The van der Waals surface area contributed by atoms with Crippen LogP contribution < -0.4 is 11.3 Å². The summed E-state index contributed by atoms with van der Waals surface area (Å²) < 4.78 is 4.81. The first kappa shape index (κ1) is 15.9. The van der Waals surface area contributed by atoms with Gasteiger partial charge in [0, 0.05) is 11.0 Å². The highest BCUT2D eigenvalue weighted by atomic mass is 79.9. The second-order valence-electron chi connectivity index (χ2n) is 5.53. The van der Waals surface area contributed by atoms with Gasteiger partial charge < -0.3 is 5.73 Å². The number of hydrogen-bond acceptors (Lipinski definition) is 2. The van der Waals surface area contributed by atoms with Gasteiger partial charge in [0.1, 0.15) is 5.69 Å². The molecule has 0 aliphatic heterocycles. The second-order valence-corrected chi connectivity index (χ2v) is 6.39. The van der Waals surface area contributed by atoms with E-state index >= 15 is 0 Å². The Bertz CT molecular complexity index is 685. The van der Waals surface area contributed by atoms with Crippen molar-refractivity contribution in [2.45, 2.75) is 46.2 Å². The number of nitrogens with zero attached hydrogens (tertiary/aromatic N) is 2. The lowest BCUT2D eigenvalue weighted by molar-refractivity contribution is 0.443. The maximum absolute atomic E-state index is 12.5. The number of nitrogen functional groups attached to an aromatic ring is 1. The molecule has 1 aromatic carbocycles. The van der Waals surface area contributed by atoms with Gasteiger partial charge in [0.15, 0.2) is 0 Å². The van der Waals surface area contributed by atoms with Crippen molar-refractivity contribution in [3.8, 4) is 0 Å². The van der Waals surface area contributed by atoms with E-state index < -0.39 is 0 Å². The lowest BCUT2D eigenvalue weighted by Crippen LogP contribution is -2.25. The number of aromatic nitrogens is 2. The van der Waals surface area contributed by atoms with Crippen LogP contribution in [-0.4, -0.2) is 9.36 Å². The van der Waals surface area contributed by atoms with Crippen LogP contribution in [0.1, 0.15) is 44.4 Å². The van der Waals surface area contributed by atoms with E-state index in [0.29, 0.717) is 12.2 Å². The highest BCUT2D eigenvalue weighted by Crippen LogP contribution is 2.22. The molecule has 4 nitrogen and oxygen atoms in total. The van der Waals surface area contributed by atoms with E-state index in [4.69, 9.17) is 5.73 Å². The summed E-state index contributed by atoms with van der Waals surface area (Å²) in [5, 5.41) is 0. The van der Waals surface area contributed by atoms with Crippen LogP contribution in [0.5, 0.6) is 0 Å². The molecule has 0 atom stereocenters. The molecule has 2 aromatic rings. The lowest BCUT2D eigenvalue weighted by Gasteiger charge is -2.16. The van der Waals surface area contributed by atoms with Crippen LogP contribution in [0.4, 0.5) is 5.69 Å². The highest BCUT2D eigenvalue weighted by Gasteiger charge is 2.20. The number of hydrogen-bond donors (Lipinski definition) is 1. The number of rotatable bonds is 5. The SMILES string of the molecule is CCCn1c(C(C)C)c(N)c(=O)n1Cc1ccccc1Br. The van der Waals surface area contributed by atoms with E-state index in [-0.39, 0.29) is 11.5 Å². The Morgan fingerprint density at radius 2 is 1.90 bits per heavy atom. The third-order valence-electron chi connectivity index (χ3n) is 3.57. The molecule has 0 aliphatic carbocycles. The molecule has 5 heteroatoms. The fourth-order valence-electron chi connectivity index (χ4n) is 2.63. The fraction of sp³-hybridized carbons (Fsp3) is 0.438. The van der Waals surface area contributed by atoms with Gasteiger partial charge in [-0.25, -0.2) is 4.68 Å². The quantitative estimate of drug-likeness (QED) is 0.894. The predicted octanol–water partition coefficient (Wildman–Crippen LogP) is 3.58. The molecule has 0 aliphatic rings. The standard InChI is InChI=1S/C16H22BrN3O/c1-4-9-19-15(11(2)3)14(18)16(21)20(19)10-12-7-5-6-8-13(12)17/h5-8,11H,4,9-10,18H2,1-3H3. The number of benzene rings is 1. The monoisotopic (exact) mass is 351 g/mol. The maximum atomic E-state index is 12.5. The summed E-state index contributed by atoms with van der Waals surface area (Å²) >= 11 is 3.54. The van der Waals surface area contributed by atoms with Gasteiger partial charge in [0.25, 0.3) is 5.56 Å². The Balaban J connectivity index is 2.55. The zero-order valence-corrected chi connectivity index (χ0v) is 14.4. The zero-order chi connectivity index (χ0) is 15.6. The molecule has 2 rings (SSSR count). The molecule has 1 aromatic heterocycles. The molecule has 21 heavy (non-hydrogen) atoms. The van der Waals surface area contributed by atoms with E-state index in [1.807, 2.05) is 28.9 Å². The van der Waals surface area contributed by atoms with E-state index in [0.717, 1.165) is 28.7 Å². The van der Waals surface area contributed by atoms with Crippen LogP contribution in [0, 0.1) is 0 Å². The van der Waals surface area contributed by atoms with E-state index in [1.54, 1.807) is 4.68 Å². The number of nitrogens with two attached hydrogens (primary N) is 1. The van der Waals surface area contributed by atoms with Crippen LogP contribution >= 0.6 is 15.9 Å². The number of halogens is 1. The first-order valence-corrected chi connectivity index (χ1v) is 8.09. The Hall–Kier alpha value is -1.49. The van der Waals surface area contributed by atoms with Crippen molar-refractivity contribution in [1.29, 1.82) is 0 Å². The van der Waals surface area contributed by atoms with Gasteiger partial charge in [0.2, 0.25) is 0 Å². The third kappa shape index (κ3) is 3.07. The highest BCUT2D eigenvalue weighted by molar-refractivity contribution is 9.10. The summed E-state index contributed by atoms with van der Waals surface area (Å²) in [7, 11) is 0. The van der Waals surface area contributed by atoms with Gasteiger partial charge in [0.05, 0.1) is 12.2 Å². The van der Waals surface area contributed by atoms with Crippen molar-refractivity contribution >= 4 is 21.6 Å². The molecule has 0 bridgehead atoms. The summed E-state index contributed by atoms with van der Waals surface area (Å²) in [5.74, 6) is 0.227. The summed E-state index contributed by atoms with van der Waals surface area (Å²) in [6, 6.07) is 7.95. The van der Waals surface area contributed by atoms with Gasteiger partial charge in [-0.05, 0) is 24.0 Å². The summed E-state index contributed by atoms with van der Waals surface area (Å²) in [6.45, 7) is 7.56. The van der Waals surface area contributed by atoms with Crippen molar-refractivity contribution in [3.05, 3.63) is 50.3 Å². The molecule has 0 unspecified atom stereocenters. The van der Waals surface area contributed by atoms with Crippen LogP contribution in [0.2, 0.25) is 0 Å². The molecule has 0 fully saturated rings. The molecule has 2 N–H and O–H groups in total. The van der Waals surface area contributed by atoms with Crippen molar-refractivity contribution in [3.63, 3.8) is 0 Å². The summed E-state index contributed by atoms with van der Waals surface area (Å²) in [6.07, 6.45) is 0.962. The summed E-state index contributed by atoms with van der Waals surface area (Å²) in [5.41, 5.74) is 8.36. The minimum Gasteiger partial charge on any atom is -0.393 e. The lowest BCUT2D eigenvalue weighted by atomic mass is 10.1. The minimum absolute atomic E-state index is 0.0945. The van der Waals surface area contributed by atoms with E-state index in [1.165, 1.54) is 0 Å². The third-order valence-corrected chi connectivity index (χ3v) is 4.34. The molecular formula is C16H22BrN3O. The zero-order valence-electron chi connectivity index (χ0n) is 12.8. The van der Waals surface area contributed by atoms with Crippen molar-refractivity contribution < 1.29 is 0 Å². The number of anilines is 1. The minimum atomic E-state index is -0.0945. The van der Waals surface area contributed by atoms with Gasteiger partial charge in [-0.15, -0.1) is 0 Å². The van der Waals surface area contributed by atoms with Crippen molar-refractivity contribution in [1.82, 2.24) is 9.36 Å². The largest absolute Gasteiger partial charge is 0.393 e. The van der Waals surface area contributed by atoms with E-state index in [9.17, 15) is 4.79 Å². The van der Waals surface area contributed by atoms with Gasteiger partial charge in [-0.1, -0.05) is 54.9 Å². The Morgan fingerprint density at radius 1 is 1.24 bits per heavy atom. The molecule has 0 saturated heterocycles. The molecular weight excluding hydrogens is 330 g/mol. The fourth-order valence-corrected chi connectivity index (χ4v) is 3.04. The molecule has 114 valence electrons. The normalized spacial score (nSPS) is 11.3. The van der Waals surface area contributed by atoms with Gasteiger partial charge in [-0.3, -0.25) is 9.48 Å². The first-order chi connectivity index (χ1) is 9.97. The van der Waals surface area contributed by atoms with Gasteiger partial charge >= 0.3 is 0 Å². The van der Waals surface area contributed by atoms with E-state index in [2.05, 4.69) is 36.7 Å².